The minimum atomic E-state index is -0.231. The quantitative estimate of drug-likeness (QED) is 0.626. The molecule has 0 unspecified atom stereocenters. The molecule has 0 spiro atoms. The first-order valence-corrected chi connectivity index (χ1v) is 3.66. The Morgan fingerprint density at radius 3 is 2.33 bits per heavy atom. The third-order valence-corrected chi connectivity index (χ3v) is 1.65. The van der Waals surface area contributed by atoms with E-state index in [9.17, 15) is 4.39 Å². The second-order valence-corrected chi connectivity index (χ2v) is 2.48. The van der Waals surface area contributed by atoms with Crippen molar-refractivity contribution < 1.29 is 8.81 Å². The highest BCUT2D eigenvalue weighted by Gasteiger charge is 1.98. The monoisotopic (exact) mass is 161 g/mol. The van der Waals surface area contributed by atoms with Crippen LogP contribution in [-0.2, 0) is 0 Å². The summed E-state index contributed by atoms with van der Waals surface area (Å²) in [4.78, 5) is 0. The number of furan rings is 1. The van der Waals surface area contributed by atoms with Gasteiger partial charge in [-0.2, -0.15) is 0 Å². The number of halogens is 1. The van der Waals surface area contributed by atoms with Gasteiger partial charge in [0.25, 0.3) is 0 Å². The Kier molecular flexibility index (Phi) is 1.67. The highest BCUT2D eigenvalue weighted by molar-refractivity contribution is 5.56. The first-order valence-electron chi connectivity index (χ1n) is 3.66. The molecule has 0 aliphatic rings. The van der Waals surface area contributed by atoms with Gasteiger partial charge in [-0.3, -0.25) is 0 Å². The van der Waals surface area contributed by atoms with Crippen LogP contribution in [-0.4, -0.2) is 0 Å². The van der Waals surface area contributed by atoms with Crippen LogP contribution in [0.3, 0.4) is 0 Å². The third kappa shape index (κ3) is 1.23. The van der Waals surface area contributed by atoms with Crippen LogP contribution in [0.4, 0.5) is 4.39 Å². The Morgan fingerprint density at radius 1 is 1.00 bits per heavy atom. The van der Waals surface area contributed by atoms with Gasteiger partial charge in [-0.15, -0.1) is 0 Å². The predicted octanol–water partition coefficient (Wildman–Crippen LogP) is 3.09. The lowest BCUT2D eigenvalue weighted by Gasteiger charge is -1.94. The van der Waals surface area contributed by atoms with E-state index in [0.717, 1.165) is 11.3 Å². The Bertz CT molecular complexity index is 348. The molecular weight excluding hydrogens is 154 g/mol. The zero-order valence-electron chi connectivity index (χ0n) is 6.33. The molecule has 2 heteroatoms. The third-order valence-electron chi connectivity index (χ3n) is 1.65. The van der Waals surface area contributed by atoms with Gasteiger partial charge in [0.15, 0.2) is 0 Å². The maximum atomic E-state index is 12.5. The van der Waals surface area contributed by atoms with E-state index in [1.165, 1.54) is 12.1 Å². The smallest absolute Gasteiger partial charge is 0.133 e. The SMILES string of the molecule is [18F]c1ccc(-c2ccco2)cc1. The normalized spacial score (nSPS) is 10.1. The lowest BCUT2D eigenvalue weighted by molar-refractivity contribution is 0.581. The second kappa shape index (κ2) is 2.81. The molecule has 0 atom stereocenters. The molecule has 0 aliphatic carbocycles. The van der Waals surface area contributed by atoms with Gasteiger partial charge in [0, 0.05) is 5.56 Å². The summed E-state index contributed by atoms with van der Waals surface area (Å²) >= 11 is 0. The van der Waals surface area contributed by atoms with Gasteiger partial charge >= 0.3 is 0 Å². The van der Waals surface area contributed by atoms with E-state index in [4.69, 9.17) is 4.42 Å². The van der Waals surface area contributed by atoms with E-state index in [1.807, 2.05) is 6.07 Å². The van der Waals surface area contributed by atoms with Crippen molar-refractivity contribution in [1.29, 1.82) is 0 Å². The van der Waals surface area contributed by atoms with Crippen molar-refractivity contribution in [3.63, 3.8) is 0 Å². The summed E-state index contributed by atoms with van der Waals surface area (Å²) in [6.45, 7) is 0. The Hall–Kier alpha value is -1.57. The molecule has 0 radical (unpaired) electrons. The number of hydrogen-bond acceptors (Lipinski definition) is 1. The van der Waals surface area contributed by atoms with Gasteiger partial charge in [-0.25, -0.2) is 4.39 Å². The van der Waals surface area contributed by atoms with E-state index in [2.05, 4.69) is 0 Å². The van der Waals surface area contributed by atoms with E-state index in [-0.39, 0.29) is 5.82 Å². The summed E-state index contributed by atoms with van der Waals surface area (Å²) in [5.74, 6) is 0.528. The first kappa shape index (κ1) is 7.10. The van der Waals surface area contributed by atoms with Crippen molar-refractivity contribution >= 4 is 0 Å². The van der Waals surface area contributed by atoms with E-state index in [1.54, 1.807) is 24.5 Å². The summed E-state index contributed by atoms with van der Waals surface area (Å²) in [5.41, 5.74) is 0.890. The molecule has 0 N–H and O–H groups in total. The lowest BCUT2D eigenvalue weighted by Crippen LogP contribution is -1.74. The van der Waals surface area contributed by atoms with E-state index >= 15 is 0 Å². The largest absolute Gasteiger partial charge is 0.464 e. The molecule has 0 saturated heterocycles. The molecule has 0 aliphatic heterocycles. The molecule has 1 heterocycles. The molecule has 1 aromatic carbocycles. The average Bonchev–Trinajstić information content (AvgIpc) is 2.58. The maximum Gasteiger partial charge on any atom is 0.133 e. The highest BCUT2D eigenvalue weighted by Crippen LogP contribution is 2.19. The van der Waals surface area contributed by atoms with Crippen LogP contribution < -0.4 is 0 Å². The van der Waals surface area contributed by atoms with Crippen molar-refractivity contribution in [1.82, 2.24) is 0 Å². The summed E-state index contributed by atoms with van der Waals surface area (Å²) < 4.78 is 17.6. The van der Waals surface area contributed by atoms with Crippen LogP contribution in [0, 0.1) is 5.82 Å². The fourth-order valence-corrected chi connectivity index (χ4v) is 1.06. The van der Waals surface area contributed by atoms with Crippen LogP contribution in [0.2, 0.25) is 0 Å². The molecule has 2 aromatic rings. The fraction of sp³-hybridized carbons (Fsp3) is 0. The van der Waals surface area contributed by atoms with Crippen molar-refractivity contribution in [3.05, 3.63) is 48.5 Å². The molecule has 1 nitrogen and oxygen atoms in total. The number of rotatable bonds is 1. The molecule has 12 heavy (non-hydrogen) atoms. The first-order chi connectivity index (χ1) is 5.86. The maximum absolute atomic E-state index is 12.5. The zero-order chi connectivity index (χ0) is 8.39. The van der Waals surface area contributed by atoms with E-state index < -0.39 is 0 Å². The number of hydrogen-bond donors (Lipinski definition) is 0. The van der Waals surface area contributed by atoms with Crippen LogP contribution in [0.25, 0.3) is 11.3 Å². The molecular formula is C10H7FO. The average molecular weight is 161 g/mol. The molecule has 0 saturated carbocycles. The van der Waals surface area contributed by atoms with Crippen molar-refractivity contribution in [2.45, 2.75) is 0 Å². The Labute approximate surface area is 69.4 Å². The minimum absolute atomic E-state index is 0.231. The molecule has 60 valence electrons. The molecule has 1 aromatic heterocycles. The summed E-state index contributed by atoms with van der Waals surface area (Å²) in [5, 5.41) is 0. The molecule has 0 fully saturated rings. The van der Waals surface area contributed by atoms with Gasteiger partial charge in [0.1, 0.15) is 11.6 Å². The molecule has 0 amide bonds. The van der Waals surface area contributed by atoms with Crippen molar-refractivity contribution in [2.75, 3.05) is 0 Å². The number of benzene rings is 1. The van der Waals surface area contributed by atoms with Crippen LogP contribution in [0.15, 0.2) is 47.1 Å². The lowest BCUT2D eigenvalue weighted by atomic mass is 10.2. The van der Waals surface area contributed by atoms with Gasteiger partial charge in [0.05, 0.1) is 6.26 Å². The molecule has 2 rings (SSSR count). The van der Waals surface area contributed by atoms with Gasteiger partial charge in [-0.05, 0) is 36.4 Å². The fourth-order valence-electron chi connectivity index (χ4n) is 1.06. The highest BCUT2D eigenvalue weighted by atomic mass is 18.2. The summed E-state index contributed by atoms with van der Waals surface area (Å²) in [6, 6.07) is 9.85. The summed E-state index contributed by atoms with van der Waals surface area (Å²) in [6.07, 6.45) is 1.60. The Morgan fingerprint density at radius 2 is 1.75 bits per heavy atom. The Balaban J connectivity index is 2.43. The molecule has 0 bridgehead atoms. The van der Waals surface area contributed by atoms with Crippen LogP contribution >= 0.6 is 0 Å². The minimum Gasteiger partial charge on any atom is -0.464 e. The van der Waals surface area contributed by atoms with Gasteiger partial charge < -0.3 is 4.42 Å². The summed E-state index contributed by atoms with van der Waals surface area (Å²) in [7, 11) is 0. The second-order valence-electron chi connectivity index (χ2n) is 2.48. The van der Waals surface area contributed by atoms with Crippen LogP contribution in [0.5, 0.6) is 0 Å². The van der Waals surface area contributed by atoms with Gasteiger partial charge in [-0.1, -0.05) is 0 Å². The topological polar surface area (TPSA) is 13.1 Å². The predicted molar refractivity (Wildman–Crippen MR) is 44.1 cm³/mol. The van der Waals surface area contributed by atoms with Gasteiger partial charge in [0.2, 0.25) is 0 Å². The van der Waals surface area contributed by atoms with Crippen LogP contribution in [0.1, 0.15) is 0 Å². The van der Waals surface area contributed by atoms with Crippen molar-refractivity contribution in [2.24, 2.45) is 0 Å². The van der Waals surface area contributed by atoms with E-state index in [0.29, 0.717) is 0 Å². The van der Waals surface area contributed by atoms with Crippen molar-refractivity contribution in [3.8, 4) is 11.3 Å². The standard InChI is InChI=1S/C10H7FO/c11-9-5-3-8(4-6-9)10-2-1-7-12-10/h1-7H/i11-1. The zero-order valence-corrected chi connectivity index (χ0v) is 6.33.